The van der Waals surface area contributed by atoms with E-state index < -0.39 is 35.7 Å². The highest BCUT2D eigenvalue weighted by molar-refractivity contribution is 6.01. The second-order valence-electron chi connectivity index (χ2n) is 7.59. The van der Waals surface area contributed by atoms with Crippen LogP contribution in [0.3, 0.4) is 0 Å². The molecule has 15 heteroatoms. The molecular weight excluding hydrogens is 528 g/mol. The monoisotopic (exact) mass is 544 g/mol. The molecule has 0 aliphatic heterocycles. The van der Waals surface area contributed by atoms with Crippen LogP contribution in [0.5, 0.6) is 11.5 Å². The van der Waals surface area contributed by atoms with Gasteiger partial charge < -0.3 is 25.8 Å². The normalized spacial score (nSPS) is 11.0. The Hall–Kier alpha value is -5.47. The zero-order valence-corrected chi connectivity index (χ0v) is 19.4. The van der Waals surface area contributed by atoms with Gasteiger partial charge in [-0.2, -0.15) is 18.3 Å². The van der Waals surface area contributed by atoms with Crippen LogP contribution in [0.2, 0.25) is 0 Å². The predicted molar refractivity (Wildman–Crippen MR) is 127 cm³/mol. The summed E-state index contributed by atoms with van der Waals surface area (Å²) in [5.74, 6) is -2.07. The summed E-state index contributed by atoms with van der Waals surface area (Å²) in [5, 5.41) is 8.45. The average molecular weight is 544 g/mol. The number of anilines is 2. The van der Waals surface area contributed by atoms with Crippen LogP contribution < -0.4 is 21.1 Å². The van der Waals surface area contributed by atoms with Crippen LogP contribution in [-0.4, -0.2) is 32.9 Å². The SMILES string of the molecule is NC(=O)OC(=O)c1cc(Oc2ccc(NC(=O)Nc3cc(C(F)(F)F)ccc3-n3cccn3)c(F)c2)ccn1. The molecule has 0 unspecified atom stereocenters. The van der Waals surface area contributed by atoms with Crippen LogP contribution in [-0.2, 0) is 10.9 Å². The summed E-state index contributed by atoms with van der Waals surface area (Å²) in [6, 6.07) is 9.01. The third-order valence-corrected chi connectivity index (χ3v) is 4.88. The van der Waals surface area contributed by atoms with Crippen LogP contribution in [0.15, 0.2) is 73.2 Å². The van der Waals surface area contributed by atoms with Gasteiger partial charge in [-0.05, 0) is 42.5 Å². The van der Waals surface area contributed by atoms with Gasteiger partial charge in [0.1, 0.15) is 17.3 Å². The Morgan fingerprint density at radius 2 is 1.67 bits per heavy atom. The smallest absolute Gasteiger partial charge is 0.416 e. The molecule has 0 saturated heterocycles. The van der Waals surface area contributed by atoms with Gasteiger partial charge in [0.15, 0.2) is 5.69 Å². The van der Waals surface area contributed by atoms with Crippen LogP contribution in [0.4, 0.5) is 38.5 Å². The molecule has 2 aromatic carbocycles. The van der Waals surface area contributed by atoms with Gasteiger partial charge >= 0.3 is 24.3 Å². The van der Waals surface area contributed by atoms with Crippen molar-refractivity contribution in [1.82, 2.24) is 14.8 Å². The molecule has 0 aliphatic rings. The van der Waals surface area contributed by atoms with Gasteiger partial charge in [-0.25, -0.2) is 28.4 Å². The molecule has 39 heavy (non-hydrogen) atoms. The molecule has 4 N–H and O–H groups in total. The molecule has 0 saturated carbocycles. The highest BCUT2D eigenvalue weighted by Crippen LogP contribution is 2.33. The highest BCUT2D eigenvalue weighted by Gasteiger charge is 2.31. The Balaban J connectivity index is 1.48. The molecule has 2 heterocycles. The standard InChI is InChI=1S/C24H16F4N6O5/c25-16-11-14(38-15-6-8-30-19(12-15)21(35)39-22(29)36)3-4-17(16)32-23(37)33-18-10-13(24(26,27)28)2-5-20(18)34-9-1-7-31-34/h1-12H,(H2,29,36)(H2,32,33,37). The number of alkyl halides is 3. The molecular formula is C24H16F4N6O5. The van der Waals surface area contributed by atoms with E-state index in [0.717, 1.165) is 36.4 Å². The summed E-state index contributed by atoms with van der Waals surface area (Å²) in [5.41, 5.74) is 3.08. The van der Waals surface area contributed by atoms with Crippen molar-refractivity contribution >= 4 is 29.5 Å². The number of carbonyl (C=O) groups excluding carboxylic acids is 3. The van der Waals surface area contributed by atoms with E-state index in [4.69, 9.17) is 10.5 Å². The number of urea groups is 1. The fraction of sp³-hybridized carbons (Fsp3) is 0.0417. The zero-order valence-electron chi connectivity index (χ0n) is 19.4. The number of ether oxygens (including phenoxy) is 2. The molecule has 3 amide bonds. The number of nitrogens with one attached hydrogen (secondary N) is 2. The fourth-order valence-electron chi connectivity index (χ4n) is 3.23. The number of rotatable bonds is 6. The quantitative estimate of drug-likeness (QED) is 0.174. The van der Waals surface area contributed by atoms with Gasteiger partial charge in [-0.3, -0.25) is 0 Å². The third-order valence-electron chi connectivity index (χ3n) is 4.88. The molecule has 0 atom stereocenters. The molecule has 4 aromatic rings. The van der Waals surface area contributed by atoms with Crippen molar-refractivity contribution in [1.29, 1.82) is 0 Å². The summed E-state index contributed by atoms with van der Waals surface area (Å²) < 4.78 is 65.3. The maximum absolute atomic E-state index is 14.7. The molecule has 0 radical (unpaired) electrons. The summed E-state index contributed by atoms with van der Waals surface area (Å²) in [6.45, 7) is 0. The van der Waals surface area contributed by atoms with E-state index in [1.807, 2.05) is 0 Å². The van der Waals surface area contributed by atoms with E-state index in [1.54, 1.807) is 6.07 Å². The largest absolute Gasteiger partial charge is 0.457 e. The highest BCUT2D eigenvalue weighted by atomic mass is 19.4. The number of benzene rings is 2. The summed E-state index contributed by atoms with van der Waals surface area (Å²) in [4.78, 5) is 38.7. The number of carbonyl (C=O) groups is 3. The van der Waals surface area contributed by atoms with Gasteiger partial charge in [0.25, 0.3) is 0 Å². The van der Waals surface area contributed by atoms with Crippen molar-refractivity contribution in [3.05, 3.63) is 90.3 Å². The molecule has 200 valence electrons. The van der Waals surface area contributed by atoms with Gasteiger partial charge in [-0.1, -0.05) is 0 Å². The first-order valence-electron chi connectivity index (χ1n) is 10.7. The lowest BCUT2D eigenvalue weighted by molar-refractivity contribution is -0.137. The van der Waals surface area contributed by atoms with Crippen molar-refractivity contribution in [3.63, 3.8) is 0 Å². The Kier molecular flexibility index (Phi) is 7.41. The second kappa shape index (κ2) is 10.9. The zero-order chi connectivity index (χ0) is 28.2. The first-order chi connectivity index (χ1) is 18.5. The minimum Gasteiger partial charge on any atom is -0.457 e. The minimum atomic E-state index is -4.67. The van der Waals surface area contributed by atoms with Crippen LogP contribution in [0.1, 0.15) is 16.1 Å². The van der Waals surface area contributed by atoms with Crippen LogP contribution in [0, 0.1) is 5.82 Å². The van der Waals surface area contributed by atoms with Crippen molar-refractivity contribution in [3.8, 4) is 17.2 Å². The van der Waals surface area contributed by atoms with Crippen molar-refractivity contribution in [2.75, 3.05) is 10.6 Å². The minimum absolute atomic E-state index is 0.0370. The number of hydrogen-bond donors (Lipinski definition) is 3. The second-order valence-corrected chi connectivity index (χ2v) is 7.59. The lowest BCUT2D eigenvalue weighted by atomic mass is 10.1. The number of aromatic nitrogens is 3. The van der Waals surface area contributed by atoms with Crippen molar-refractivity contribution in [2.45, 2.75) is 6.18 Å². The topological polar surface area (TPSA) is 150 Å². The predicted octanol–water partition coefficient (Wildman–Crippen LogP) is 5.10. The molecule has 0 bridgehead atoms. The van der Waals surface area contributed by atoms with Gasteiger partial charge in [0, 0.05) is 30.7 Å². The molecule has 4 rings (SSSR count). The van der Waals surface area contributed by atoms with E-state index >= 15 is 0 Å². The molecule has 11 nitrogen and oxygen atoms in total. The Bertz CT molecular complexity index is 1540. The number of primary amides is 1. The number of halogens is 4. The number of hydrogen-bond acceptors (Lipinski definition) is 7. The maximum Gasteiger partial charge on any atom is 0.416 e. The summed E-state index contributed by atoms with van der Waals surface area (Å²) >= 11 is 0. The van der Waals surface area contributed by atoms with E-state index in [2.05, 4.69) is 25.5 Å². The lowest BCUT2D eigenvalue weighted by Crippen LogP contribution is -2.21. The molecule has 0 spiro atoms. The first-order valence-corrected chi connectivity index (χ1v) is 10.7. The number of nitrogens with two attached hydrogens (primary N) is 1. The Morgan fingerprint density at radius 1 is 0.923 bits per heavy atom. The van der Waals surface area contributed by atoms with Gasteiger partial charge in [-0.15, -0.1) is 0 Å². The van der Waals surface area contributed by atoms with E-state index in [9.17, 15) is 31.9 Å². The van der Waals surface area contributed by atoms with E-state index in [0.29, 0.717) is 0 Å². The third kappa shape index (κ3) is 6.65. The maximum atomic E-state index is 14.7. The Morgan fingerprint density at radius 3 is 2.33 bits per heavy atom. The number of amides is 3. The number of nitrogens with zero attached hydrogens (tertiary/aromatic N) is 3. The fourth-order valence-corrected chi connectivity index (χ4v) is 3.23. The number of esters is 1. The van der Waals surface area contributed by atoms with Crippen molar-refractivity contribution in [2.24, 2.45) is 5.73 Å². The summed E-state index contributed by atoms with van der Waals surface area (Å²) in [6.07, 6.45) is -1.95. The molecule has 0 aliphatic carbocycles. The van der Waals surface area contributed by atoms with Crippen molar-refractivity contribution < 1.29 is 41.4 Å². The van der Waals surface area contributed by atoms with Crippen LogP contribution >= 0.6 is 0 Å². The van der Waals surface area contributed by atoms with E-state index in [-0.39, 0.29) is 34.3 Å². The van der Waals surface area contributed by atoms with Gasteiger partial charge in [0.2, 0.25) is 0 Å². The molecule has 2 aromatic heterocycles. The molecule has 0 fully saturated rings. The summed E-state index contributed by atoms with van der Waals surface area (Å²) in [7, 11) is 0. The Labute approximate surface area is 216 Å². The van der Waals surface area contributed by atoms with Gasteiger partial charge in [0.05, 0.1) is 22.6 Å². The lowest BCUT2D eigenvalue weighted by Gasteiger charge is -2.15. The first kappa shape index (κ1) is 26.6. The van der Waals surface area contributed by atoms with Crippen LogP contribution in [0.25, 0.3) is 5.69 Å². The van der Waals surface area contributed by atoms with E-state index in [1.165, 1.54) is 35.4 Å². The average Bonchev–Trinajstić information content (AvgIpc) is 3.40. The number of pyridine rings is 1.